The van der Waals surface area contributed by atoms with Crippen LogP contribution in [0.1, 0.15) is 68.4 Å². The molecule has 2 amide bonds. The van der Waals surface area contributed by atoms with Crippen molar-refractivity contribution in [1.29, 1.82) is 0 Å². The number of carbonyl (C=O) groups is 4. The Bertz CT molecular complexity index is 1010. The van der Waals surface area contributed by atoms with Crippen molar-refractivity contribution >= 4 is 23.6 Å². The average molecular weight is 405 g/mol. The molecule has 2 aromatic rings. The molecule has 6 heteroatoms. The van der Waals surface area contributed by atoms with Crippen molar-refractivity contribution in [3.05, 3.63) is 70.3 Å². The largest absolute Gasteiger partial charge is 0.454 e. The van der Waals surface area contributed by atoms with E-state index in [9.17, 15) is 19.2 Å². The van der Waals surface area contributed by atoms with Crippen molar-refractivity contribution in [2.45, 2.75) is 45.1 Å². The van der Waals surface area contributed by atoms with Gasteiger partial charge in [-0.15, -0.1) is 0 Å². The second-order valence-electron chi connectivity index (χ2n) is 7.74. The fraction of sp³-hybridized carbons (Fsp3) is 0.333. The molecule has 1 aliphatic heterocycles. The Kier molecular flexibility index (Phi) is 5.48. The standard InChI is InChI=1S/C24H23NO5/c1-15(22(27)18-12-11-16-6-4-7-17(16)14-18)30-21(26)10-5-13-25-23(28)19-8-2-3-9-20(19)24(25)29/h2-3,8-9,11-12,14-15H,4-7,10,13H2,1H3/t15-/m0/s1. The quantitative estimate of drug-likeness (QED) is 0.401. The highest BCUT2D eigenvalue weighted by Gasteiger charge is 2.34. The van der Waals surface area contributed by atoms with E-state index in [1.165, 1.54) is 11.1 Å². The summed E-state index contributed by atoms with van der Waals surface area (Å²) in [4.78, 5) is 50.6. The second kappa shape index (κ2) is 8.22. The summed E-state index contributed by atoms with van der Waals surface area (Å²) in [5.41, 5.74) is 3.81. The van der Waals surface area contributed by atoms with E-state index in [1.54, 1.807) is 37.3 Å². The summed E-state index contributed by atoms with van der Waals surface area (Å²) < 4.78 is 5.29. The molecule has 0 fully saturated rings. The molecular weight excluding hydrogens is 382 g/mol. The van der Waals surface area contributed by atoms with E-state index in [2.05, 4.69) is 0 Å². The molecular formula is C24H23NO5. The van der Waals surface area contributed by atoms with Gasteiger partial charge in [-0.05, 0) is 61.9 Å². The molecule has 6 nitrogen and oxygen atoms in total. The predicted molar refractivity (Wildman–Crippen MR) is 109 cm³/mol. The summed E-state index contributed by atoms with van der Waals surface area (Å²) in [6, 6.07) is 12.3. The number of imide groups is 1. The fourth-order valence-electron chi connectivity index (χ4n) is 4.09. The van der Waals surface area contributed by atoms with E-state index < -0.39 is 12.1 Å². The van der Waals surface area contributed by atoms with Crippen LogP contribution in [-0.4, -0.2) is 41.1 Å². The van der Waals surface area contributed by atoms with Crippen molar-refractivity contribution in [2.24, 2.45) is 0 Å². The molecule has 2 aromatic carbocycles. The van der Waals surface area contributed by atoms with Crippen LogP contribution in [0, 0.1) is 0 Å². The molecule has 30 heavy (non-hydrogen) atoms. The van der Waals surface area contributed by atoms with E-state index in [1.807, 2.05) is 12.1 Å². The molecule has 1 heterocycles. The van der Waals surface area contributed by atoms with Crippen LogP contribution in [0.4, 0.5) is 0 Å². The van der Waals surface area contributed by atoms with Gasteiger partial charge in [0.2, 0.25) is 5.78 Å². The first-order valence-corrected chi connectivity index (χ1v) is 10.3. The minimum absolute atomic E-state index is 0.0230. The maximum absolute atomic E-state index is 12.6. The summed E-state index contributed by atoms with van der Waals surface area (Å²) in [5, 5.41) is 0. The molecule has 0 spiro atoms. The molecule has 0 saturated heterocycles. The summed E-state index contributed by atoms with van der Waals surface area (Å²) in [5.74, 6) is -1.43. The number of carbonyl (C=O) groups excluding carboxylic acids is 4. The van der Waals surface area contributed by atoms with Crippen molar-refractivity contribution in [3.8, 4) is 0 Å². The van der Waals surface area contributed by atoms with Crippen LogP contribution in [0.15, 0.2) is 42.5 Å². The number of benzene rings is 2. The fourth-order valence-corrected chi connectivity index (χ4v) is 4.09. The van der Waals surface area contributed by atoms with Crippen LogP contribution in [0.25, 0.3) is 0 Å². The number of rotatable bonds is 7. The third kappa shape index (κ3) is 3.77. The Morgan fingerprint density at radius 2 is 1.67 bits per heavy atom. The SMILES string of the molecule is C[C@H](OC(=O)CCCN1C(=O)c2ccccc2C1=O)C(=O)c1ccc2c(c1)CCC2. The van der Waals surface area contributed by atoms with Gasteiger partial charge in [0.1, 0.15) is 0 Å². The topological polar surface area (TPSA) is 80.8 Å². The van der Waals surface area contributed by atoms with Crippen LogP contribution < -0.4 is 0 Å². The third-order valence-corrected chi connectivity index (χ3v) is 5.70. The molecule has 154 valence electrons. The van der Waals surface area contributed by atoms with Crippen LogP contribution in [0.5, 0.6) is 0 Å². The molecule has 0 radical (unpaired) electrons. The first kappa shape index (κ1) is 20.0. The Hall–Kier alpha value is -3.28. The van der Waals surface area contributed by atoms with Crippen molar-refractivity contribution in [3.63, 3.8) is 0 Å². The van der Waals surface area contributed by atoms with E-state index >= 15 is 0 Å². The van der Waals surface area contributed by atoms with E-state index in [0.29, 0.717) is 16.7 Å². The molecule has 2 aliphatic rings. The van der Waals surface area contributed by atoms with Gasteiger partial charge in [0.15, 0.2) is 6.10 Å². The number of fused-ring (bicyclic) bond motifs is 2. The van der Waals surface area contributed by atoms with Gasteiger partial charge in [-0.3, -0.25) is 24.1 Å². The first-order valence-electron chi connectivity index (χ1n) is 10.3. The highest BCUT2D eigenvalue weighted by Crippen LogP contribution is 2.24. The Labute approximate surface area is 174 Å². The molecule has 0 saturated carbocycles. The van der Waals surface area contributed by atoms with Gasteiger partial charge in [0.25, 0.3) is 11.8 Å². The number of Topliss-reactive ketones (excluding diaryl/α,β-unsaturated/α-hetero) is 1. The molecule has 0 N–H and O–H groups in total. The zero-order valence-electron chi connectivity index (χ0n) is 16.8. The number of nitrogens with zero attached hydrogens (tertiary/aromatic N) is 1. The van der Waals surface area contributed by atoms with E-state index in [4.69, 9.17) is 4.74 Å². The molecule has 0 unspecified atom stereocenters. The normalized spacial score (nSPS) is 15.7. The number of ketones is 1. The smallest absolute Gasteiger partial charge is 0.306 e. The number of hydrogen-bond donors (Lipinski definition) is 0. The van der Waals surface area contributed by atoms with Gasteiger partial charge in [0.05, 0.1) is 11.1 Å². The molecule has 1 atom stereocenters. The van der Waals surface area contributed by atoms with Crippen molar-refractivity contribution < 1.29 is 23.9 Å². The number of esters is 1. The van der Waals surface area contributed by atoms with Gasteiger partial charge < -0.3 is 4.74 Å². The predicted octanol–water partition coefficient (Wildman–Crippen LogP) is 3.37. The van der Waals surface area contributed by atoms with Crippen molar-refractivity contribution in [1.82, 2.24) is 4.90 Å². The lowest BCUT2D eigenvalue weighted by molar-refractivity contribution is -0.146. The molecule has 0 aromatic heterocycles. The molecule has 0 bridgehead atoms. The lowest BCUT2D eigenvalue weighted by Gasteiger charge is -2.15. The highest BCUT2D eigenvalue weighted by atomic mass is 16.5. The summed E-state index contributed by atoms with van der Waals surface area (Å²) in [7, 11) is 0. The monoisotopic (exact) mass is 405 g/mol. The Morgan fingerprint density at radius 3 is 2.37 bits per heavy atom. The minimum atomic E-state index is -0.878. The average Bonchev–Trinajstić information content (AvgIpc) is 3.31. The van der Waals surface area contributed by atoms with E-state index in [-0.39, 0.29) is 37.0 Å². The first-order chi connectivity index (χ1) is 14.5. The minimum Gasteiger partial charge on any atom is -0.454 e. The number of hydrogen-bond acceptors (Lipinski definition) is 5. The van der Waals surface area contributed by atoms with Crippen LogP contribution >= 0.6 is 0 Å². The zero-order chi connectivity index (χ0) is 21.3. The summed E-state index contributed by atoms with van der Waals surface area (Å²) in [6.07, 6.45) is 2.55. The Balaban J connectivity index is 1.27. The van der Waals surface area contributed by atoms with Gasteiger partial charge >= 0.3 is 5.97 Å². The molecule has 1 aliphatic carbocycles. The van der Waals surface area contributed by atoms with Gasteiger partial charge in [0, 0.05) is 18.5 Å². The lowest BCUT2D eigenvalue weighted by atomic mass is 10.0. The molecule has 4 rings (SSSR count). The van der Waals surface area contributed by atoms with Gasteiger partial charge in [-0.2, -0.15) is 0 Å². The maximum atomic E-state index is 12.6. The number of aryl methyl sites for hydroxylation is 2. The third-order valence-electron chi connectivity index (χ3n) is 5.70. The second-order valence-corrected chi connectivity index (χ2v) is 7.74. The van der Waals surface area contributed by atoms with Crippen molar-refractivity contribution in [2.75, 3.05) is 6.54 Å². The number of ether oxygens (including phenoxy) is 1. The van der Waals surface area contributed by atoms with Crippen LogP contribution in [0.3, 0.4) is 0 Å². The number of amides is 2. The summed E-state index contributed by atoms with van der Waals surface area (Å²) in [6.45, 7) is 1.70. The zero-order valence-corrected chi connectivity index (χ0v) is 16.8. The summed E-state index contributed by atoms with van der Waals surface area (Å²) >= 11 is 0. The maximum Gasteiger partial charge on any atom is 0.306 e. The highest BCUT2D eigenvalue weighted by molar-refractivity contribution is 6.21. The Morgan fingerprint density at radius 1 is 1.00 bits per heavy atom. The lowest BCUT2D eigenvalue weighted by Crippen LogP contribution is -2.31. The van der Waals surface area contributed by atoms with Gasteiger partial charge in [-0.25, -0.2) is 0 Å². The van der Waals surface area contributed by atoms with Gasteiger partial charge in [-0.1, -0.05) is 24.3 Å². The van der Waals surface area contributed by atoms with Crippen LogP contribution in [0.2, 0.25) is 0 Å². The van der Waals surface area contributed by atoms with E-state index in [0.717, 1.165) is 24.2 Å². The van der Waals surface area contributed by atoms with Crippen LogP contribution in [-0.2, 0) is 22.4 Å².